The zero-order valence-electron chi connectivity index (χ0n) is 16.3. The monoisotopic (exact) mass is 411 g/mol. The van der Waals surface area contributed by atoms with Gasteiger partial charge in [-0.25, -0.2) is 9.97 Å². The minimum atomic E-state index is 0.0378. The molecule has 2 aromatic heterocycles. The highest BCUT2D eigenvalue weighted by Gasteiger charge is 2.22. The van der Waals surface area contributed by atoms with Crippen LogP contribution in [0.3, 0.4) is 0 Å². The van der Waals surface area contributed by atoms with Crippen molar-refractivity contribution >= 4 is 39.2 Å². The molecule has 1 aliphatic rings. The van der Waals surface area contributed by atoms with Crippen molar-refractivity contribution in [3.05, 3.63) is 52.2 Å². The molecule has 0 unspecified atom stereocenters. The topological polar surface area (TPSA) is 54.9 Å². The van der Waals surface area contributed by atoms with Gasteiger partial charge in [-0.1, -0.05) is 55.9 Å². The minimum Gasteiger partial charge on any atom is -0.351 e. The molecule has 0 saturated carbocycles. The van der Waals surface area contributed by atoms with Gasteiger partial charge in [0.25, 0.3) is 0 Å². The fourth-order valence-electron chi connectivity index (χ4n) is 3.48. The smallest absolute Gasteiger partial charge is 0.230 e. The Morgan fingerprint density at radius 1 is 1.18 bits per heavy atom. The number of thiophene rings is 1. The van der Waals surface area contributed by atoms with E-state index in [1.165, 1.54) is 28.7 Å². The van der Waals surface area contributed by atoms with E-state index in [1.54, 1.807) is 11.8 Å². The molecule has 0 fully saturated rings. The number of hydrogen-bond donors (Lipinski definition) is 1. The van der Waals surface area contributed by atoms with Crippen molar-refractivity contribution in [2.45, 2.75) is 57.0 Å². The zero-order chi connectivity index (χ0) is 19.5. The number of aromatic nitrogens is 2. The molecule has 4 nitrogen and oxygen atoms in total. The van der Waals surface area contributed by atoms with Gasteiger partial charge in [-0.3, -0.25) is 4.79 Å². The highest BCUT2D eigenvalue weighted by atomic mass is 32.2. The molecule has 0 spiro atoms. The van der Waals surface area contributed by atoms with E-state index in [-0.39, 0.29) is 11.8 Å². The van der Waals surface area contributed by atoms with E-state index >= 15 is 0 Å². The molecular formula is C22H25N3OS2. The molecule has 146 valence electrons. The second kappa shape index (κ2) is 8.62. The Bertz CT molecular complexity index is 982. The zero-order valence-corrected chi connectivity index (χ0v) is 18.0. The Hall–Kier alpha value is -1.92. The number of rotatable bonds is 6. The molecule has 1 N–H and O–H groups in total. The third kappa shape index (κ3) is 4.23. The molecule has 0 aliphatic heterocycles. The van der Waals surface area contributed by atoms with Crippen molar-refractivity contribution in [3.8, 4) is 0 Å². The Kier molecular flexibility index (Phi) is 5.97. The number of carbonyl (C=O) groups excluding carboxylic acids is 1. The highest BCUT2D eigenvalue weighted by Crippen LogP contribution is 2.40. The van der Waals surface area contributed by atoms with E-state index in [9.17, 15) is 4.79 Å². The van der Waals surface area contributed by atoms with Crippen LogP contribution in [0, 0.1) is 0 Å². The van der Waals surface area contributed by atoms with Gasteiger partial charge >= 0.3 is 0 Å². The fourth-order valence-corrected chi connectivity index (χ4v) is 5.71. The summed E-state index contributed by atoms with van der Waals surface area (Å²) in [5.41, 5.74) is 2.54. The first-order chi connectivity index (χ1) is 13.6. The van der Waals surface area contributed by atoms with Crippen LogP contribution in [-0.2, 0) is 24.2 Å². The van der Waals surface area contributed by atoms with Crippen LogP contribution in [0.2, 0.25) is 0 Å². The van der Waals surface area contributed by atoms with Gasteiger partial charge in [0.15, 0.2) is 0 Å². The molecule has 3 aromatic rings. The standard InChI is InChI=1S/C22H25N3OS2/c1-14(2)20-24-21(19-16-10-6-7-11-17(16)28-22(19)25-20)27-13-18(26)23-12-15-8-4-3-5-9-15/h3-5,8-9,14H,6-7,10-13H2,1-2H3,(H,23,26). The second-order valence-electron chi connectivity index (χ2n) is 7.48. The van der Waals surface area contributed by atoms with E-state index in [4.69, 9.17) is 9.97 Å². The number of nitrogens with zero attached hydrogens (tertiary/aromatic N) is 2. The maximum absolute atomic E-state index is 12.4. The van der Waals surface area contributed by atoms with Crippen LogP contribution in [0.1, 0.15) is 54.4 Å². The van der Waals surface area contributed by atoms with Gasteiger partial charge in [0.1, 0.15) is 15.7 Å². The summed E-state index contributed by atoms with van der Waals surface area (Å²) in [5, 5.41) is 5.18. The van der Waals surface area contributed by atoms with Crippen LogP contribution in [0.4, 0.5) is 0 Å². The lowest BCUT2D eigenvalue weighted by Gasteiger charge is -2.13. The maximum Gasteiger partial charge on any atom is 0.230 e. The SMILES string of the molecule is CC(C)c1nc(SCC(=O)NCc2ccccc2)c2c3c(sc2n1)CCCC3. The third-order valence-corrected chi connectivity index (χ3v) is 7.15. The molecular weight excluding hydrogens is 386 g/mol. The molecule has 28 heavy (non-hydrogen) atoms. The van der Waals surface area contributed by atoms with E-state index in [2.05, 4.69) is 19.2 Å². The normalized spacial score (nSPS) is 13.7. The van der Waals surface area contributed by atoms with E-state index in [0.29, 0.717) is 12.3 Å². The number of carbonyl (C=O) groups is 1. The van der Waals surface area contributed by atoms with Crippen molar-refractivity contribution in [1.29, 1.82) is 0 Å². The summed E-state index contributed by atoms with van der Waals surface area (Å²) in [4.78, 5) is 24.6. The highest BCUT2D eigenvalue weighted by molar-refractivity contribution is 8.00. The maximum atomic E-state index is 12.4. The average Bonchev–Trinajstić information content (AvgIpc) is 3.09. The van der Waals surface area contributed by atoms with Gasteiger partial charge in [0.05, 0.1) is 5.75 Å². The quantitative estimate of drug-likeness (QED) is 0.453. The summed E-state index contributed by atoms with van der Waals surface area (Å²) >= 11 is 3.37. The Balaban J connectivity index is 1.53. The van der Waals surface area contributed by atoms with Crippen LogP contribution in [0.25, 0.3) is 10.2 Å². The van der Waals surface area contributed by atoms with Crippen molar-refractivity contribution in [1.82, 2.24) is 15.3 Å². The van der Waals surface area contributed by atoms with Gasteiger partial charge in [0, 0.05) is 22.7 Å². The second-order valence-corrected chi connectivity index (χ2v) is 9.53. The van der Waals surface area contributed by atoms with Crippen molar-refractivity contribution < 1.29 is 4.79 Å². The summed E-state index contributed by atoms with van der Waals surface area (Å²) in [6, 6.07) is 10.00. The predicted molar refractivity (Wildman–Crippen MR) is 117 cm³/mol. The van der Waals surface area contributed by atoms with E-state index in [1.807, 2.05) is 41.7 Å². The number of hydrogen-bond acceptors (Lipinski definition) is 5. The van der Waals surface area contributed by atoms with Crippen molar-refractivity contribution in [3.63, 3.8) is 0 Å². The number of nitrogens with one attached hydrogen (secondary N) is 1. The van der Waals surface area contributed by atoms with Gasteiger partial charge < -0.3 is 5.32 Å². The summed E-state index contributed by atoms with van der Waals surface area (Å²) in [6.45, 7) is 4.80. The summed E-state index contributed by atoms with van der Waals surface area (Å²) in [5.74, 6) is 1.56. The van der Waals surface area contributed by atoms with Crippen molar-refractivity contribution in [2.24, 2.45) is 0 Å². The molecule has 1 aromatic carbocycles. The lowest BCUT2D eigenvalue weighted by atomic mass is 9.97. The molecule has 0 atom stereocenters. The largest absolute Gasteiger partial charge is 0.351 e. The number of thioether (sulfide) groups is 1. The van der Waals surface area contributed by atoms with Gasteiger partial charge in [0.2, 0.25) is 5.91 Å². The molecule has 0 radical (unpaired) electrons. The summed E-state index contributed by atoms with van der Waals surface area (Å²) in [7, 11) is 0. The minimum absolute atomic E-state index is 0.0378. The Morgan fingerprint density at radius 3 is 2.75 bits per heavy atom. The molecule has 0 saturated heterocycles. The van der Waals surface area contributed by atoms with Crippen LogP contribution in [-0.4, -0.2) is 21.6 Å². The predicted octanol–water partition coefficient (Wildman–Crippen LogP) is 5.10. The lowest BCUT2D eigenvalue weighted by molar-refractivity contribution is -0.118. The first kappa shape index (κ1) is 19.4. The Morgan fingerprint density at radius 2 is 1.96 bits per heavy atom. The molecule has 1 amide bonds. The number of benzene rings is 1. The van der Waals surface area contributed by atoms with Gasteiger partial charge in [-0.2, -0.15) is 0 Å². The van der Waals surface area contributed by atoms with Crippen LogP contribution in [0.15, 0.2) is 35.4 Å². The number of amides is 1. The van der Waals surface area contributed by atoms with Crippen LogP contribution >= 0.6 is 23.1 Å². The molecule has 4 rings (SSSR count). The van der Waals surface area contributed by atoms with Gasteiger partial charge in [-0.15, -0.1) is 11.3 Å². The molecule has 2 heterocycles. The molecule has 6 heteroatoms. The van der Waals surface area contributed by atoms with Crippen molar-refractivity contribution in [2.75, 3.05) is 5.75 Å². The Labute approximate surface area is 174 Å². The molecule has 0 bridgehead atoms. The first-order valence-corrected chi connectivity index (χ1v) is 11.7. The lowest BCUT2D eigenvalue weighted by Crippen LogP contribution is -2.24. The van der Waals surface area contributed by atoms with Crippen LogP contribution in [0.5, 0.6) is 0 Å². The van der Waals surface area contributed by atoms with Gasteiger partial charge in [-0.05, 0) is 36.8 Å². The number of aryl methyl sites for hydroxylation is 2. The summed E-state index contributed by atoms with van der Waals surface area (Å²) < 4.78 is 0. The third-order valence-electron chi connectivity index (χ3n) is 4.99. The summed E-state index contributed by atoms with van der Waals surface area (Å²) in [6.07, 6.45) is 4.74. The van der Waals surface area contributed by atoms with Crippen LogP contribution < -0.4 is 5.32 Å². The number of fused-ring (bicyclic) bond motifs is 3. The molecule has 1 aliphatic carbocycles. The van der Waals surface area contributed by atoms with E-state index < -0.39 is 0 Å². The van der Waals surface area contributed by atoms with E-state index in [0.717, 1.165) is 34.1 Å². The fraction of sp³-hybridized carbons (Fsp3) is 0.409. The first-order valence-electron chi connectivity index (χ1n) is 9.87. The average molecular weight is 412 g/mol.